The molecule has 0 heterocycles. The lowest BCUT2D eigenvalue weighted by molar-refractivity contribution is 0.00567. The van der Waals surface area contributed by atoms with E-state index in [4.69, 9.17) is 9.47 Å². The Morgan fingerprint density at radius 3 is 2.67 bits per heavy atom. The fraction of sp³-hybridized carbons (Fsp3) is 0.647. The van der Waals surface area contributed by atoms with Crippen LogP contribution in [0.4, 0.5) is 0 Å². The van der Waals surface area contributed by atoms with Gasteiger partial charge in [-0.05, 0) is 37.0 Å². The van der Waals surface area contributed by atoms with Gasteiger partial charge in [-0.15, -0.1) is 0 Å². The number of aliphatic hydroxyl groups is 1. The molecule has 0 saturated heterocycles. The fourth-order valence-electron chi connectivity index (χ4n) is 2.62. The minimum absolute atomic E-state index is 0.118. The number of benzene rings is 1. The second-order valence-corrected chi connectivity index (χ2v) is 6.03. The third-order valence-corrected chi connectivity index (χ3v) is 3.89. The molecule has 1 aliphatic carbocycles. The van der Waals surface area contributed by atoms with E-state index in [9.17, 15) is 5.11 Å². The lowest BCUT2D eigenvalue weighted by atomic mass is 9.95. The van der Waals surface area contributed by atoms with Gasteiger partial charge in [-0.25, -0.2) is 0 Å². The number of rotatable bonds is 6. The highest BCUT2D eigenvalue weighted by molar-refractivity contribution is 5.43. The smallest absolute Gasteiger partial charge is 0.161 e. The van der Waals surface area contributed by atoms with Crippen molar-refractivity contribution in [3.63, 3.8) is 0 Å². The Bertz CT molecular complexity index is 448. The predicted molar refractivity (Wildman–Crippen MR) is 83.9 cm³/mol. The highest BCUT2D eigenvalue weighted by Gasteiger charge is 2.25. The van der Waals surface area contributed by atoms with Crippen molar-refractivity contribution in [2.24, 2.45) is 0 Å². The summed E-state index contributed by atoms with van der Waals surface area (Å²) >= 11 is 0. The summed E-state index contributed by atoms with van der Waals surface area (Å²) in [5, 5.41) is 13.4. The lowest BCUT2D eigenvalue weighted by Gasteiger charge is -2.28. The van der Waals surface area contributed by atoms with Crippen molar-refractivity contribution in [3.05, 3.63) is 23.8 Å². The first-order chi connectivity index (χ1) is 10.1. The van der Waals surface area contributed by atoms with E-state index in [1.807, 2.05) is 18.2 Å². The van der Waals surface area contributed by atoms with Crippen LogP contribution in [0.1, 0.15) is 45.1 Å². The zero-order valence-electron chi connectivity index (χ0n) is 13.3. The minimum atomic E-state index is -0.370. The summed E-state index contributed by atoms with van der Waals surface area (Å²) in [6, 6.07) is 6.43. The Morgan fingerprint density at radius 2 is 2.00 bits per heavy atom. The van der Waals surface area contributed by atoms with Crippen molar-refractivity contribution >= 4 is 0 Å². The summed E-state index contributed by atoms with van der Waals surface area (Å²) < 4.78 is 11.4. The van der Waals surface area contributed by atoms with E-state index in [1.165, 1.54) is 0 Å². The number of ether oxygens (including phenoxy) is 2. The highest BCUT2D eigenvalue weighted by Crippen LogP contribution is 2.32. The molecule has 0 aromatic heterocycles. The van der Waals surface area contributed by atoms with Gasteiger partial charge in [0.15, 0.2) is 11.5 Å². The maximum absolute atomic E-state index is 10.0. The second-order valence-electron chi connectivity index (χ2n) is 6.03. The van der Waals surface area contributed by atoms with E-state index in [-0.39, 0.29) is 12.2 Å². The number of aliphatic hydroxyl groups excluding tert-OH is 1. The molecule has 0 aliphatic heterocycles. The Morgan fingerprint density at radius 1 is 1.24 bits per heavy atom. The molecule has 0 spiro atoms. The van der Waals surface area contributed by atoms with Crippen molar-refractivity contribution in [2.45, 2.75) is 64.3 Å². The Balaban J connectivity index is 2.05. The van der Waals surface area contributed by atoms with Gasteiger partial charge >= 0.3 is 0 Å². The molecule has 4 nitrogen and oxygen atoms in total. The quantitative estimate of drug-likeness (QED) is 0.847. The second kappa shape index (κ2) is 7.66. The lowest BCUT2D eigenvalue weighted by Crippen LogP contribution is -2.34. The minimum Gasteiger partial charge on any atom is -0.493 e. The summed E-state index contributed by atoms with van der Waals surface area (Å²) in [6.45, 7) is 5.05. The molecule has 0 amide bonds. The highest BCUT2D eigenvalue weighted by atomic mass is 16.5. The Hall–Kier alpha value is -1.26. The van der Waals surface area contributed by atoms with Crippen LogP contribution in [0.5, 0.6) is 11.5 Å². The molecule has 1 aromatic rings. The van der Waals surface area contributed by atoms with E-state index in [0.29, 0.717) is 6.04 Å². The zero-order chi connectivity index (χ0) is 15.2. The first kappa shape index (κ1) is 16.1. The molecule has 0 bridgehead atoms. The van der Waals surface area contributed by atoms with Gasteiger partial charge in [0.1, 0.15) is 6.10 Å². The molecule has 1 aliphatic rings. The van der Waals surface area contributed by atoms with Gasteiger partial charge in [0.05, 0.1) is 13.2 Å². The molecule has 1 fully saturated rings. The number of nitrogens with one attached hydrogen (secondary N) is 1. The molecular weight excluding hydrogens is 266 g/mol. The van der Waals surface area contributed by atoms with Gasteiger partial charge in [0.25, 0.3) is 0 Å². The van der Waals surface area contributed by atoms with Crippen molar-refractivity contribution in [1.29, 1.82) is 0 Å². The molecule has 2 atom stereocenters. The van der Waals surface area contributed by atoms with Gasteiger partial charge in [0, 0.05) is 12.6 Å². The van der Waals surface area contributed by atoms with Crippen LogP contribution < -0.4 is 14.8 Å². The summed E-state index contributed by atoms with van der Waals surface area (Å²) in [5.41, 5.74) is 1.16. The summed E-state index contributed by atoms with van der Waals surface area (Å²) in [5.74, 6) is 1.45. The normalized spacial score (nSPS) is 22.3. The molecule has 0 radical (unpaired) electrons. The van der Waals surface area contributed by atoms with Gasteiger partial charge in [0.2, 0.25) is 0 Å². The van der Waals surface area contributed by atoms with E-state index < -0.39 is 0 Å². The maximum atomic E-state index is 10.0. The first-order valence-electron chi connectivity index (χ1n) is 7.85. The largest absolute Gasteiger partial charge is 0.493 e. The first-order valence-corrected chi connectivity index (χ1v) is 7.85. The molecule has 1 aromatic carbocycles. The molecule has 2 unspecified atom stereocenters. The number of hydrogen-bond donors (Lipinski definition) is 2. The monoisotopic (exact) mass is 293 g/mol. The molecule has 21 heavy (non-hydrogen) atoms. The molecule has 4 heteroatoms. The van der Waals surface area contributed by atoms with Crippen LogP contribution in [0.3, 0.4) is 0 Å². The summed E-state index contributed by atoms with van der Waals surface area (Å²) in [4.78, 5) is 0. The summed E-state index contributed by atoms with van der Waals surface area (Å²) in [7, 11) is 1.65. The maximum Gasteiger partial charge on any atom is 0.161 e. The van der Waals surface area contributed by atoms with E-state index >= 15 is 0 Å². The molecular formula is C17H27NO3. The zero-order valence-corrected chi connectivity index (χ0v) is 13.3. The van der Waals surface area contributed by atoms with Crippen LogP contribution in [0.25, 0.3) is 0 Å². The standard InChI is InChI=1S/C17H27NO3/c1-12(2)18-11-13-8-9-16(17(10-13)20-3)21-15-7-5-4-6-14(15)19/h8-10,12,14-15,18-19H,4-7,11H2,1-3H3. The van der Waals surface area contributed by atoms with Crippen molar-refractivity contribution in [1.82, 2.24) is 5.32 Å². The van der Waals surface area contributed by atoms with Crippen LogP contribution in [0, 0.1) is 0 Å². The van der Waals surface area contributed by atoms with Gasteiger partial charge in [-0.3, -0.25) is 0 Å². The van der Waals surface area contributed by atoms with E-state index in [0.717, 1.165) is 49.3 Å². The van der Waals surface area contributed by atoms with Crippen LogP contribution in [0.2, 0.25) is 0 Å². The Labute approximate surface area is 127 Å². The van der Waals surface area contributed by atoms with Crippen molar-refractivity contribution in [3.8, 4) is 11.5 Å². The topological polar surface area (TPSA) is 50.7 Å². The fourth-order valence-corrected chi connectivity index (χ4v) is 2.62. The van der Waals surface area contributed by atoms with E-state index in [2.05, 4.69) is 19.2 Å². The van der Waals surface area contributed by atoms with Gasteiger partial charge in [-0.2, -0.15) is 0 Å². The molecule has 118 valence electrons. The van der Waals surface area contributed by atoms with Crippen LogP contribution in [-0.2, 0) is 6.54 Å². The van der Waals surface area contributed by atoms with Gasteiger partial charge in [-0.1, -0.05) is 26.3 Å². The average Bonchev–Trinajstić information content (AvgIpc) is 2.48. The summed E-state index contributed by atoms with van der Waals surface area (Å²) in [6.07, 6.45) is 3.43. The third kappa shape index (κ3) is 4.61. The van der Waals surface area contributed by atoms with Crippen LogP contribution in [-0.4, -0.2) is 30.5 Å². The van der Waals surface area contributed by atoms with Gasteiger partial charge < -0.3 is 19.9 Å². The number of methoxy groups -OCH3 is 1. The average molecular weight is 293 g/mol. The third-order valence-electron chi connectivity index (χ3n) is 3.89. The van der Waals surface area contributed by atoms with Crippen molar-refractivity contribution in [2.75, 3.05) is 7.11 Å². The molecule has 2 N–H and O–H groups in total. The van der Waals surface area contributed by atoms with Crippen molar-refractivity contribution < 1.29 is 14.6 Å². The van der Waals surface area contributed by atoms with Crippen LogP contribution in [0.15, 0.2) is 18.2 Å². The number of hydrogen-bond acceptors (Lipinski definition) is 4. The van der Waals surface area contributed by atoms with E-state index in [1.54, 1.807) is 7.11 Å². The molecule has 2 rings (SSSR count). The Kier molecular flexibility index (Phi) is 5.88. The SMILES string of the molecule is COc1cc(CNC(C)C)ccc1OC1CCCCC1O. The van der Waals surface area contributed by atoms with Crippen LogP contribution >= 0.6 is 0 Å². The predicted octanol–water partition coefficient (Wildman–Crippen LogP) is 2.88. The molecule has 1 saturated carbocycles.